The van der Waals surface area contributed by atoms with Gasteiger partial charge in [0.2, 0.25) is 5.91 Å². The van der Waals surface area contributed by atoms with E-state index in [0.29, 0.717) is 31.0 Å². The van der Waals surface area contributed by atoms with Gasteiger partial charge in [-0.1, -0.05) is 12.1 Å². The summed E-state index contributed by atoms with van der Waals surface area (Å²) in [6, 6.07) is 11.9. The molecule has 38 heavy (non-hydrogen) atoms. The van der Waals surface area contributed by atoms with Gasteiger partial charge in [-0.2, -0.15) is 5.10 Å². The van der Waals surface area contributed by atoms with E-state index in [0.717, 1.165) is 59.5 Å². The number of benzene rings is 1. The summed E-state index contributed by atoms with van der Waals surface area (Å²) in [5, 5.41) is 10.1. The van der Waals surface area contributed by atoms with Crippen LogP contribution in [-0.4, -0.2) is 71.2 Å². The van der Waals surface area contributed by atoms with Crippen LogP contribution in [0.3, 0.4) is 0 Å². The van der Waals surface area contributed by atoms with E-state index in [4.69, 9.17) is 20.2 Å². The van der Waals surface area contributed by atoms with Gasteiger partial charge in [0.05, 0.1) is 37.8 Å². The lowest BCUT2D eigenvalue weighted by molar-refractivity contribution is 0.0282. The van der Waals surface area contributed by atoms with Crippen molar-refractivity contribution in [2.24, 2.45) is 12.8 Å². The first-order chi connectivity index (χ1) is 18.5. The second-order valence-electron chi connectivity index (χ2n) is 9.77. The molecule has 2 atom stereocenters. The first-order valence-electron chi connectivity index (χ1n) is 12.9. The van der Waals surface area contributed by atoms with Gasteiger partial charge < -0.3 is 25.4 Å². The first kappa shape index (κ1) is 24.5. The number of aromatic nitrogens is 4. The molecular formula is C28H31N7O3. The quantitative estimate of drug-likeness (QED) is 0.403. The van der Waals surface area contributed by atoms with Gasteiger partial charge >= 0.3 is 0 Å². The van der Waals surface area contributed by atoms with E-state index in [1.807, 2.05) is 24.1 Å². The number of hydrogen-bond acceptors (Lipinski definition) is 8. The molecule has 2 saturated heterocycles. The molecule has 1 amide bonds. The Kier molecular flexibility index (Phi) is 6.75. The smallest absolute Gasteiger partial charge is 0.248 e. The molecule has 0 saturated carbocycles. The number of ether oxygens (including phenoxy) is 2. The SMILES string of the molecule is Cn1ncc(-c2ccc3cnc(N4CCOC(c5cc(C(N)=O)ccn5)C4)cc3c2)c1CC1CNCCO1. The molecule has 1 aromatic carbocycles. The zero-order valence-electron chi connectivity index (χ0n) is 21.3. The van der Waals surface area contributed by atoms with Crippen LogP contribution in [0.1, 0.15) is 27.8 Å². The molecule has 6 rings (SSSR count). The number of carbonyl (C=O) groups excluding carboxylic acids is 1. The highest BCUT2D eigenvalue weighted by Crippen LogP contribution is 2.31. The van der Waals surface area contributed by atoms with Crippen molar-refractivity contribution in [3.05, 3.63) is 71.9 Å². The Bertz CT molecular complexity index is 1460. The zero-order chi connectivity index (χ0) is 26.1. The number of nitrogens with zero attached hydrogens (tertiary/aromatic N) is 5. The van der Waals surface area contributed by atoms with Crippen molar-refractivity contribution in [2.75, 3.05) is 44.3 Å². The van der Waals surface area contributed by atoms with E-state index < -0.39 is 5.91 Å². The van der Waals surface area contributed by atoms with Crippen LogP contribution in [-0.2, 0) is 22.9 Å². The molecule has 2 aliphatic heterocycles. The van der Waals surface area contributed by atoms with Crippen LogP contribution in [0.15, 0.2) is 55.0 Å². The average Bonchev–Trinajstić information content (AvgIpc) is 3.32. The summed E-state index contributed by atoms with van der Waals surface area (Å²) in [5.74, 6) is 0.398. The van der Waals surface area contributed by atoms with Gasteiger partial charge in [-0.25, -0.2) is 4.98 Å². The van der Waals surface area contributed by atoms with E-state index in [-0.39, 0.29) is 12.2 Å². The number of anilines is 1. The third kappa shape index (κ3) is 4.98. The number of aryl methyl sites for hydroxylation is 1. The molecular weight excluding hydrogens is 482 g/mol. The topological polar surface area (TPSA) is 120 Å². The van der Waals surface area contributed by atoms with Crippen LogP contribution >= 0.6 is 0 Å². The highest BCUT2D eigenvalue weighted by molar-refractivity contribution is 5.92. The van der Waals surface area contributed by atoms with Gasteiger partial charge in [-0.05, 0) is 35.2 Å². The lowest BCUT2D eigenvalue weighted by atomic mass is 10.00. The fraction of sp³-hybridized carbons (Fsp3) is 0.357. The maximum atomic E-state index is 11.6. The predicted molar refractivity (Wildman–Crippen MR) is 144 cm³/mol. The standard InChI is InChI=1S/C28H31N7O3/c1-34-25(13-22-15-30-6-8-37-22)23(16-33-34)18-2-3-20-14-32-27(12-21(20)10-18)35-7-9-38-26(17-35)24-11-19(28(29)36)4-5-31-24/h2-5,10-12,14,16,22,26,30H,6-9,13,15,17H2,1H3,(H2,29,36). The number of pyridine rings is 2. The lowest BCUT2D eigenvalue weighted by Gasteiger charge is -2.33. The normalized spacial score (nSPS) is 20.1. The number of hydrogen-bond donors (Lipinski definition) is 2. The number of rotatable bonds is 6. The van der Waals surface area contributed by atoms with Crippen molar-refractivity contribution in [2.45, 2.75) is 18.6 Å². The molecule has 196 valence electrons. The molecule has 4 aromatic rings. The number of nitrogens with two attached hydrogens (primary N) is 1. The molecule has 3 aromatic heterocycles. The van der Waals surface area contributed by atoms with Gasteiger partial charge in [-0.15, -0.1) is 0 Å². The maximum Gasteiger partial charge on any atom is 0.248 e. The van der Waals surface area contributed by atoms with Crippen molar-refractivity contribution in [1.82, 2.24) is 25.1 Å². The van der Waals surface area contributed by atoms with Crippen molar-refractivity contribution in [3.63, 3.8) is 0 Å². The molecule has 2 fully saturated rings. The van der Waals surface area contributed by atoms with Crippen molar-refractivity contribution >= 4 is 22.5 Å². The Balaban J connectivity index is 1.26. The largest absolute Gasteiger partial charge is 0.375 e. The summed E-state index contributed by atoms with van der Waals surface area (Å²) in [7, 11) is 1.99. The summed E-state index contributed by atoms with van der Waals surface area (Å²) in [6.07, 6.45) is 6.11. The number of morpholine rings is 2. The molecule has 3 N–H and O–H groups in total. The predicted octanol–water partition coefficient (Wildman–Crippen LogP) is 2.24. The van der Waals surface area contributed by atoms with Gasteiger partial charge in [0.25, 0.3) is 0 Å². The molecule has 2 unspecified atom stereocenters. The molecule has 0 spiro atoms. The van der Waals surface area contributed by atoms with E-state index in [1.165, 1.54) is 0 Å². The Morgan fingerprint density at radius 3 is 2.87 bits per heavy atom. The van der Waals surface area contributed by atoms with E-state index >= 15 is 0 Å². The second kappa shape index (κ2) is 10.5. The van der Waals surface area contributed by atoms with Crippen molar-refractivity contribution in [1.29, 1.82) is 0 Å². The number of amides is 1. The molecule has 10 nitrogen and oxygen atoms in total. The van der Waals surface area contributed by atoms with E-state index in [1.54, 1.807) is 18.3 Å². The Morgan fingerprint density at radius 1 is 1.11 bits per heavy atom. The Morgan fingerprint density at radius 2 is 2.03 bits per heavy atom. The Labute approximate surface area is 220 Å². The van der Waals surface area contributed by atoms with Crippen LogP contribution in [0.2, 0.25) is 0 Å². The van der Waals surface area contributed by atoms with Gasteiger partial charge in [0, 0.05) is 67.7 Å². The fourth-order valence-electron chi connectivity index (χ4n) is 5.20. The molecule has 10 heteroatoms. The highest BCUT2D eigenvalue weighted by atomic mass is 16.5. The fourth-order valence-corrected chi connectivity index (χ4v) is 5.20. The summed E-state index contributed by atoms with van der Waals surface area (Å²) < 4.78 is 13.9. The molecule has 0 bridgehead atoms. The van der Waals surface area contributed by atoms with Crippen LogP contribution < -0.4 is 16.0 Å². The van der Waals surface area contributed by atoms with E-state index in [2.05, 4.69) is 44.6 Å². The summed E-state index contributed by atoms with van der Waals surface area (Å²) in [5.41, 5.74) is 9.97. The van der Waals surface area contributed by atoms with Crippen LogP contribution in [0, 0.1) is 0 Å². The van der Waals surface area contributed by atoms with Gasteiger partial charge in [-0.3, -0.25) is 14.5 Å². The molecule has 0 aliphatic carbocycles. The van der Waals surface area contributed by atoms with Gasteiger partial charge in [0.15, 0.2) is 0 Å². The number of carbonyl (C=O) groups is 1. The lowest BCUT2D eigenvalue weighted by Crippen LogP contribution is -2.40. The monoisotopic (exact) mass is 513 g/mol. The minimum Gasteiger partial charge on any atom is -0.375 e. The summed E-state index contributed by atoms with van der Waals surface area (Å²) in [6.45, 7) is 4.31. The van der Waals surface area contributed by atoms with Crippen LogP contribution in [0.5, 0.6) is 0 Å². The van der Waals surface area contributed by atoms with Crippen LogP contribution in [0.4, 0.5) is 5.82 Å². The third-order valence-corrected chi connectivity index (χ3v) is 7.29. The zero-order valence-corrected chi connectivity index (χ0v) is 21.3. The van der Waals surface area contributed by atoms with Gasteiger partial charge in [0.1, 0.15) is 11.9 Å². The van der Waals surface area contributed by atoms with Crippen molar-refractivity contribution < 1.29 is 14.3 Å². The third-order valence-electron chi connectivity index (χ3n) is 7.29. The second-order valence-corrected chi connectivity index (χ2v) is 9.77. The Hall–Kier alpha value is -3.86. The minimum atomic E-state index is -0.479. The van der Waals surface area contributed by atoms with Crippen LogP contribution in [0.25, 0.3) is 21.9 Å². The molecule has 5 heterocycles. The number of nitrogens with one attached hydrogen (secondary N) is 1. The number of fused-ring (bicyclic) bond motifs is 1. The molecule has 0 radical (unpaired) electrons. The summed E-state index contributed by atoms with van der Waals surface area (Å²) in [4.78, 5) is 23.0. The minimum absolute atomic E-state index is 0.140. The van der Waals surface area contributed by atoms with Crippen molar-refractivity contribution in [3.8, 4) is 11.1 Å². The number of primary amides is 1. The summed E-state index contributed by atoms with van der Waals surface area (Å²) >= 11 is 0. The van der Waals surface area contributed by atoms with E-state index in [9.17, 15) is 4.79 Å². The maximum absolute atomic E-state index is 11.6. The average molecular weight is 514 g/mol. The first-order valence-corrected chi connectivity index (χ1v) is 12.9. The molecule has 2 aliphatic rings. The highest BCUT2D eigenvalue weighted by Gasteiger charge is 2.25.